The zero-order valence-electron chi connectivity index (χ0n) is 10.3. The Morgan fingerprint density at radius 1 is 1.39 bits per heavy atom. The smallest absolute Gasteiger partial charge is 0.407 e. The first-order valence-corrected chi connectivity index (χ1v) is 5.80. The maximum Gasteiger partial charge on any atom is 0.407 e. The second-order valence-electron chi connectivity index (χ2n) is 4.16. The number of rotatable bonds is 2. The summed E-state index contributed by atoms with van der Waals surface area (Å²) in [5.74, 6) is 0.836. The van der Waals surface area contributed by atoms with Crippen molar-refractivity contribution >= 4 is 18.0 Å². The predicted molar refractivity (Wildman–Crippen MR) is 68.7 cm³/mol. The molecule has 1 aliphatic heterocycles. The minimum atomic E-state index is -0.863. The number of nitrogens with zero attached hydrogens (tertiary/aromatic N) is 4. The van der Waals surface area contributed by atoms with E-state index in [9.17, 15) is 4.79 Å². The summed E-state index contributed by atoms with van der Waals surface area (Å²) in [6.07, 6.45) is 2.41. The average molecular weight is 248 g/mol. The van der Waals surface area contributed by atoms with Gasteiger partial charge in [-0.05, 0) is 6.92 Å². The zero-order valence-corrected chi connectivity index (χ0v) is 10.3. The van der Waals surface area contributed by atoms with Crippen LogP contribution < -0.4 is 4.90 Å². The first kappa shape index (κ1) is 12.3. The van der Waals surface area contributed by atoms with E-state index in [4.69, 9.17) is 5.11 Å². The standard InChI is InChI=1S/C12H16N4O2/c1-3-10-9(2)13-8-14-11(10)15-4-6-16(7-5-15)12(17)18/h3,8H,1,4-7H2,2H3,(H,17,18). The van der Waals surface area contributed by atoms with Gasteiger partial charge in [0.2, 0.25) is 0 Å². The van der Waals surface area contributed by atoms with E-state index in [1.54, 1.807) is 6.08 Å². The van der Waals surface area contributed by atoms with Crippen LogP contribution >= 0.6 is 0 Å². The van der Waals surface area contributed by atoms with Crippen molar-refractivity contribution in [2.75, 3.05) is 31.1 Å². The van der Waals surface area contributed by atoms with Crippen LogP contribution in [0.1, 0.15) is 11.3 Å². The summed E-state index contributed by atoms with van der Waals surface area (Å²) in [5, 5.41) is 8.91. The van der Waals surface area contributed by atoms with Crippen LogP contribution in [0.2, 0.25) is 0 Å². The molecule has 1 fully saturated rings. The van der Waals surface area contributed by atoms with Crippen molar-refractivity contribution in [3.8, 4) is 0 Å². The van der Waals surface area contributed by atoms with Gasteiger partial charge in [0.25, 0.3) is 0 Å². The van der Waals surface area contributed by atoms with Gasteiger partial charge in [0, 0.05) is 31.7 Å². The maximum absolute atomic E-state index is 10.8. The fraction of sp³-hybridized carbons (Fsp3) is 0.417. The minimum Gasteiger partial charge on any atom is -0.465 e. The van der Waals surface area contributed by atoms with E-state index in [2.05, 4.69) is 21.4 Å². The Bertz CT molecular complexity index is 467. The molecule has 96 valence electrons. The Hall–Kier alpha value is -2.11. The maximum atomic E-state index is 10.8. The second-order valence-corrected chi connectivity index (χ2v) is 4.16. The summed E-state index contributed by atoms with van der Waals surface area (Å²) >= 11 is 0. The molecule has 0 aromatic carbocycles. The monoisotopic (exact) mass is 248 g/mol. The average Bonchev–Trinajstić information content (AvgIpc) is 2.38. The van der Waals surface area contributed by atoms with Gasteiger partial charge in [-0.25, -0.2) is 14.8 Å². The van der Waals surface area contributed by atoms with E-state index in [1.807, 2.05) is 6.92 Å². The number of hydrogen-bond acceptors (Lipinski definition) is 4. The Morgan fingerprint density at radius 3 is 2.61 bits per heavy atom. The van der Waals surface area contributed by atoms with Crippen LogP contribution in [0.3, 0.4) is 0 Å². The summed E-state index contributed by atoms with van der Waals surface area (Å²) in [4.78, 5) is 22.7. The molecule has 0 saturated carbocycles. The van der Waals surface area contributed by atoms with Gasteiger partial charge in [-0.1, -0.05) is 12.7 Å². The lowest BCUT2D eigenvalue weighted by Crippen LogP contribution is -2.48. The van der Waals surface area contributed by atoms with E-state index in [-0.39, 0.29) is 0 Å². The lowest BCUT2D eigenvalue weighted by Gasteiger charge is -2.34. The summed E-state index contributed by atoms with van der Waals surface area (Å²) in [6, 6.07) is 0. The minimum absolute atomic E-state index is 0.495. The highest BCUT2D eigenvalue weighted by Gasteiger charge is 2.22. The van der Waals surface area contributed by atoms with E-state index in [0.717, 1.165) is 17.1 Å². The Kier molecular flexibility index (Phi) is 3.45. The normalized spacial score (nSPS) is 15.6. The number of carbonyl (C=O) groups is 1. The van der Waals surface area contributed by atoms with Crippen LogP contribution in [-0.4, -0.2) is 52.2 Å². The first-order valence-electron chi connectivity index (χ1n) is 5.80. The summed E-state index contributed by atoms with van der Waals surface area (Å²) in [7, 11) is 0. The third kappa shape index (κ3) is 2.27. The number of piperazine rings is 1. The first-order chi connectivity index (χ1) is 8.63. The van der Waals surface area contributed by atoms with Crippen LogP contribution in [-0.2, 0) is 0 Å². The van der Waals surface area contributed by atoms with E-state index >= 15 is 0 Å². The molecule has 1 saturated heterocycles. The SMILES string of the molecule is C=Cc1c(C)ncnc1N1CCN(C(=O)O)CC1. The molecule has 2 heterocycles. The van der Waals surface area contributed by atoms with Crippen LogP contribution in [0.5, 0.6) is 0 Å². The Balaban J connectivity index is 2.17. The number of aryl methyl sites for hydroxylation is 1. The molecule has 1 N–H and O–H groups in total. The number of aromatic nitrogens is 2. The summed E-state index contributed by atoms with van der Waals surface area (Å²) in [6.45, 7) is 7.97. The molecule has 1 amide bonds. The molecule has 1 aromatic heterocycles. The van der Waals surface area contributed by atoms with Gasteiger partial charge in [0.1, 0.15) is 12.1 Å². The van der Waals surface area contributed by atoms with E-state index in [0.29, 0.717) is 26.2 Å². The van der Waals surface area contributed by atoms with Gasteiger partial charge in [-0.2, -0.15) is 0 Å². The zero-order chi connectivity index (χ0) is 13.1. The van der Waals surface area contributed by atoms with Gasteiger partial charge < -0.3 is 14.9 Å². The molecule has 2 rings (SSSR count). The number of carboxylic acid groups (broad SMARTS) is 1. The molecule has 0 atom stereocenters. The van der Waals surface area contributed by atoms with Gasteiger partial charge in [0.15, 0.2) is 0 Å². The van der Waals surface area contributed by atoms with Crippen molar-refractivity contribution in [1.29, 1.82) is 0 Å². The van der Waals surface area contributed by atoms with Crippen molar-refractivity contribution in [3.05, 3.63) is 24.2 Å². The molecule has 1 aromatic rings. The molecule has 6 nitrogen and oxygen atoms in total. The van der Waals surface area contributed by atoms with Gasteiger partial charge in [-0.3, -0.25) is 0 Å². The molecular weight excluding hydrogens is 232 g/mol. The molecule has 0 spiro atoms. The molecule has 6 heteroatoms. The highest BCUT2D eigenvalue weighted by Crippen LogP contribution is 2.21. The van der Waals surface area contributed by atoms with E-state index in [1.165, 1.54) is 11.2 Å². The highest BCUT2D eigenvalue weighted by atomic mass is 16.4. The highest BCUT2D eigenvalue weighted by molar-refractivity contribution is 5.67. The number of hydrogen-bond donors (Lipinski definition) is 1. The molecule has 0 radical (unpaired) electrons. The molecular formula is C12H16N4O2. The van der Waals surface area contributed by atoms with Crippen molar-refractivity contribution in [1.82, 2.24) is 14.9 Å². The lowest BCUT2D eigenvalue weighted by molar-refractivity contribution is 0.142. The second kappa shape index (κ2) is 5.03. The predicted octanol–water partition coefficient (Wildman–Crippen LogP) is 1.23. The lowest BCUT2D eigenvalue weighted by atomic mass is 10.2. The topological polar surface area (TPSA) is 69.6 Å². The molecule has 1 aliphatic rings. The molecule has 18 heavy (non-hydrogen) atoms. The molecule has 0 aliphatic carbocycles. The largest absolute Gasteiger partial charge is 0.465 e. The van der Waals surface area contributed by atoms with Gasteiger partial charge in [0.05, 0.1) is 5.69 Å². The number of anilines is 1. The van der Waals surface area contributed by atoms with Crippen molar-refractivity contribution in [2.24, 2.45) is 0 Å². The fourth-order valence-corrected chi connectivity index (χ4v) is 2.07. The quantitative estimate of drug-likeness (QED) is 0.852. The van der Waals surface area contributed by atoms with Crippen molar-refractivity contribution in [3.63, 3.8) is 0 Å². The Morgan fingerprint density at radius 2 is 2.06 bits per heavy atom. The van der Waals surface area contributed by atoms with Crippen molar-refractivity contribution < 1.29 is 9.90 Å². The van der Waals surface area contributed by atoms with Crippen LogP contribution in [0.15, 0.2) is 12.9 Å². The fourth-order valence-electron chi connectivity index (χ4n) is 2.07. The van der Waals surface area contributed by atoms with Gasteiger partial charge >= 0.3 is 6.09 Å². The van der Waals surface area contributed by atoms with Crippen LogP contribution in [0, 0.1) is 6.92 Å². The number of amides is 1. The Labute approximate surface area is 106 Å². The van der Waals surface area contributed by atoms with Crippen LogP contribution in [0.25, 0.3) is 6.08 Å². The van der Waals surface area contributed by atoms with Crippen molar-refractivity contribution in [2.45, 2.75) is 6.92 Å². The summed E-state index contributed by atoms with van der Waals surface area (Å²) in [5.41, 5.74) is 1.80. The third-order valence-electron chi connectivity index (χ3n) is 3.12. The summed E-state index contributed by atoms with van der Waals surface area (Å²) < 4.78 is 0. The van der Waals surface area contributed by atoms with Gasteiger partial charge in [-0.15, -0.1) is 0 Å². The molecule has 0 bridgehead atoms. The molecule has 0 unspecified atom stereocenters. The van der Waals surface area contributed by atoms with Crippen LogP contribution in [0.4, 0.5) is 10.6 Å². The van der Waals surface area contributed by atoms with E-state index < -0.39 is 6.09 Å². The third-order valence-corrected chi connectivity index (χ3v) is 3.12.